The molecule has 3 N–H and O–H groups in total. The van der Waals surface area contributed by atoms with E-state index in [1.54, 1.807) is 6.08 Å². The quantitative estimate of drug-likeness (QED) is 0.494. The molecule has 2 aliphatic carbocycles. The third-order valence-electron chi connectivity index (χ3n) is 7.09. The lowest BCUT2D eigenvalue weighted by molar-refractivity contribution is -0.142. The van der Waals surface area contributed by atoms with Gasteiger partial charge in [0.1, 0.15) is 23.7 Å². The smallest absolute Gasteiger partial charge is 0.408 e. The fraction of sp³-hybridized carbons (Fsp3) is 0.750. The van der Waals surface area contributed by atoms with Gasteiger partial charge < -0.3 is 25.4 Å². The van der Waals surface area contributed by atoms with Gasteiger partial charge in [0.2, 0.25) is 11.8 Å². The number of hydrogen-bond donors (Lipinski definition) is 3. The highest BCUT2D eigenvalue weighted by Crippen LogP contribution is 2.45. The third-order valence-corrected chi connectivity index (χ3v) is 7.09. The van der Waals surface area contributed by atoms with E-state index < -0.39 is 47.0 Å². The highest BCUT2D eigenvalue weighted by molar-refractivity contribution is 5.98. The minimum Gasteiger partial charge on any atom is -0.446 e. The molecule has 3 rings (SSSR count). The van der Waals surface area contributed by atoms with E-state index in [-0.39, 0.29) is 30.8 Å². The Morgan fingerprint density at radius 1 is 1.21 bits per heavy atom. The van der Waals surface area contributed by atoms with E-state index in [0.29, 0.717) is 6.42 Å². The fourth-order valence-corrected chi connectivity index (χ4v) is 4.94. The lowest BCUT2D eigenvalue weighted by Crippen LogP contribution is -2.59. The van der Waals surface area contributed by atoms with Gasteiger partial charge in [-0.2, -0.15) is 0 Å². The van der Waals surface area contributed by atoms with E-state index in [2.05, 4.69) is 17.2 Å². The number of carbonyl (C=O) groups excluding carboxylic acids is 4. The number of β-amino-alcohol motifs (C(OH)–C–C–N with tert-alkyl or cyclic N) is 1. The number of likely N-dealkylation sites (tertiary alicyclic amines) is 1. The highest BCUT2D eigenvalue weighted by Gasteiger charge is 2.58. The zero-order chi connectivity index (χ0) is 24.6. The van der Waals surface area contributed by atoms with E-state index in [9.17, 15) is 24.3 Å². The average molecular weight is 464 g/mol. The molecule has 1 aliphatic heterocycles. The zero-order valence-corrected chi connectivity index (χ0v) is 20.1. The molecule has 1 saturated heterocycles. The normalized spacial score (nSPS) is 30.5. The zero-order valence-electron chi connectivity index (χ0n) is 20.1. The Labute approximate surface area is 195 Å². The first-order valence-corrected chi connectivity index (χ1v) is 11.8. The fourth-order valence-electron chi connectivity index (χ4n) is 4.94. The molecule has 5 atom stereocenters. The number of nitrogens with zero attached hydrogens (tertiary/aromatic N) is 1. The number of amides is 3. The van der Waals surface area contributed by atoms with Gasteiger partial charge in [0.25, 0.3) is 0 Å². The standard InChI is InChI=1S/C24H37N3O6/c1-6-15-12-24(15,14(2)28)26-20(30)18-11-16(29)13-27(18)21(31)19(23(3,4)5)25-22(32)33-17-9-7-8-10-17/h6,15-19,29H,1,7-13H2,2-5H3,(H,25,32)(H,26,30)/t15-,16+,18+,19-,24+/m1/s1. The molecule has 0 radical (unpaired) electrons. The summed E-state index contributed by atoms with van der Waals surface area (Å²) in [5, 5.41) is 15.8. The van der Waals surface area contributed by atoms with Crippen molar-refractivity contribution in [3.63, 3.8) is 0 Å². The molecule has 0 aromatic rings. The minimum absolute atomic E-state index is 0.0270. The van der Waals surface area contributed by atoms with Crippen molar-refractivity contribution in [3.8, 4) is 0 Å². The number of aliphatic hydroxyl groups is 1. The molecule has 184 valence electrons. The summed E-state index contributed by atoms with van der Waals surface area (Å²) in [6, 6.07) is -1.89. The Bertz CT molecular complexity index is 816. The average Bonchev–Trinajstić information content (AvgIpc) is 3.01. The summed E-state index contributed by atoms with van der Waals surface area (Å²) < 4.78 is 5.47. The Balaban J connectivity index is 1.73. The SMILES string of the molecule is C=C[C@@H]1C[C@]1(NC(=O)[C@@H]1C[C@H](O)CN1C(=O)[C@@H](NC(=O)OC1CCCC1)C(C)(C)C)C(C)=O. The number of aliphatic hydroxyl groups excluding tert-OH is 1. The van der Waals surface area contributed by atoms with Crippen LogP contribution >= 0.6 is 0 Å². The molecule has 9 heteroatoms. The monoisotopic (exact) mass is 463 g/mol. The van der Waals surface area contributed by atoms with Gasteiger partial charge in [0.05, 0.1) is 6.10 Å². The van der Waals surface area contributed by atoms with Crippen molar-refractivity contribution < 1.29 is 29.0 Å². The summed E-state index contributed by atoms with van der Waals surface area (Å²) in [6.45, 7) is 10.6. The van der Waals surface area contributed by atoms with Crippen molar-refractivity contribution in [2.45, 2.75) is 96.1 Å². The molecule has 1 heterocycles. The summed E-state index contributed by atoms with van der Waals surface area (Å²) in [5.74, 6) is -1.26. The van der Waals surface area contributed by atoms with E-state index in [1.165, 1.54) is 11.8 Å². The summed E-state index contributed by atoms with van der Waals surface area (Å²) in [4.78, 5) is 52.7. The van der Waals surface area contributed by atoms with Gasteiger partial charge in [-0.3, -0.25) is 14.4 Å². The van der Waals surface area contributed by atoms with Crippen molar-refractivity contribution >= 4 is 23.7 Å². The number of ketones is 1. The van der Waals surface area contributed by atoms with Crippen LogP contribution in [0.1, 0.15) is 66.2 Å². The Hall–Kier alpha value is -2.42. The topological polar surface area (TPSA) is 125 Å². The molecule has 3 fully saturated rings. The van der Waals surface area contributed by atoms with Crippen molar-refractivity contribution in [2.24, 2.45) is 11.3 Å². The number of ether oxygens (including phenoxy) is 1. The van der Waals surface area contributed by atoms with Crippen molar-refractivity contribution in [1.82, 2.24) is 15.5 Å². The van der Waals surface area contributed by atoms with Gasteiger partial charge in [-0.1, -0.05) is 26.8 Å². The van der Waals surface area contributed by atoms with Crippen LogP contribution in [0.4, 0.5) is 4.79 Å². The molecule has 3 amide bonds. The molecule has 3 aliphatic rings. The van der Waals surface area contributed by atoms with Gasteiger partial charge in [-0.15, -0.1) is 6.58 Å². The van der Waals surface area contributed by atoms with Gasteiger partial charge in [-0.05, 0) is 44.4 Å². The highest BCUT2D eigenvalue weighted by atomic mass is 16.6. The van der Waals surface area contributed by atoms with Gasteiger partial charge in [0, 0.05) is 18.9 Å². The molecular weight excluding hydrogens is 426 g/mol. The number of rotatable bonds is 7. The number of alkyl carbamates (subject to hydrolysis) is 1. The van der Waals surface area contributed by atoms with Gasteiger partial charge in [0.15, 0.2) is 5.78 Å². The summed E-state index contributed by atoms with van der Waals surface area (Å²) >= 11 is 0. The van der Waals surface area contributed by atoms with Crippen LogP contribution in [0.3, 0.4) is 0 Å². The second-order valence-corrected chi connectivity index (χ2v) is 10.7. The van der Waals surface area contributed by atoms with Crippen LogP contribution in [-0.2, 0) is 19.1 Å². The van der Waals surface area contributed by atoms with Crippen LogP contribution in [0.25, 0.3) is 0 Å². The second-order valence-electron chi connectivity index (χ2n) is 10.7. The van der Waals surface area contributed by atoms with Crippen LogP contribution in [0.5, 0.6) is 0 Å². The van der Waals surface area contributed by atoms with Crippen molar-refractivity contribution in [1.29, 1.82) is 0 Å². The van der Waals surface area contributed by atoms with Gasteiger partial charge in [-0.25, -0.2) is 4.79 Å². The predicted molar refractivity (Wildman–Crippen MR) is 121 cm³/mol. The predicted octanol–water partition coefficient (Wildman–Crippen LogP) is 1.68. The minimum atomic E-state index is -0.992. The van der Waals surface area contributed by atoms with Crippen LogP contribution in [0, 0.1) is 11.3 Å². The molecule has 2 saturated carbocycles. The first-order chi connectivity index (χ1) is 15.4. The van der Waals surface area contributed by atoms with Crippen molar-refractivity contribution in [3.05, 3.63) is 12.7 Å². The number of carbonyl (C=O) groups is 4. The molecule has 0 bridgehead atoms. The Morgan fingerprint density at radius 3 is 2.36 bits per heavy atom. The molecule has 0 spiro atoms. The molecule has 9 nitrogen and oxygen atoms in total. The molecular formula is C24H37N3O6. The molecule has 33 heavy (non-hydrogen) atoms. The van der Waals surface area contributed by atoms with E-state index in [0.717, 1.165) is 25.7 Å². The largest absolute Gasteiger partial charge is 0.446 e. The second kappa shape index (κ2) is 9.44. The van der Waals surface area contributed by atoms with Crippen molar-refractivity contribution in [2.75, 3.05) is 6.54 Å². The summed E-state index contributed by atoms with van der Waals surface area (Å²) in [5.41, 5.74) is -1.65. The van der Waals surface area contributed by atoms with E-state index >= 15 is 0 Å². The maximum absolute atomic E-state index is 13.5. The molecule has 0 aromatic heterocycles. The third kappa shape index (κ3) is 5.39. The van der Waals surface area contributed by atoms with E-state index in [1.807, 2.05) is 20.8 Å². The van der Waals surface area contributed by atoms with Crippen LogP contribution < -0.4 is 10.6 Å². The number of Topliss-reactive ketones (excluding diaryl/α,β-unsaturated/α-hetero) is 1. The molecule has 0 aromatic carbocycles. The van der Waals surface area contributed by atoms with Crippen LogP contribution in [0.2, 0.25) is 0 Å². The maximum Gasteiger partial charge on any atom is 0.408 e. The lowest BCUT2D eigenvalue weighted by atomic mass is 9.85. The number of nitrogens with one attached hydrogen (secondary N) is 2. The number of hydrogen-bond acceptors (Lipinski definition) is 6. The van der Waals surface area contributed by atoms with E-state index in [4.69, 9.17) is 4.74 Å². The lowest BCUT2D eigenvalue weighted by Gasteiger charge is -2.35. The summed E-state index contributed by atoms with van der Waals surface area (Å²) in [6.07, 6.45) is 4.14. The Morgan fingerprint density at radius 2 is 1.85 bits per heavy atom. The summed E-state index contributed by atoms with van der Waals surface area (Å²) in [7, 11) is 0. The first kappa shape index (κ1) is 25.2. The Kier molecular flexibility index (Phi) is 7.21. The van der Waals surface area contributed by atoms with Gasteiger partial charge >= 0.3 is 6.09 Å². The molecule has 0 unspecified atom stereocenters. The van der Waals surface area contributed by atoms with Crippen LogP contribution in [0.15, 0.2) is 12.7 Å². The maximum atomic E-state index is 13.5. The van der Waals surface area contributed by atoms with Crippen LogP contribution in [-0.4, -0.2) is 70.1 Å². The first-order valence-electron chi connectivity index (χ1n) is 11.8.